The molecule has 0 aliphatic carbocycles. The highest BCUT2D eigenvalue weighted by Gasteiger charge is 2.29. The lowest BCUT2D eigenvalue weighted by Gasteiger charge is -2.03. The minimum atomic E-state index is -3.93. The van der Waals surface area contributed by atoms with Gasteiger partial charge >= 0.3 is 15.0 Å². The summed E-state index contributed by atoms with van der Waals surface area (Å²) in [6.07, 6.45) is 0. The van der Waals surface area contributed by atoms with Gasteiger partial charge in [0, 0.05) is 17.1 Å². The molecule has 0 aliphatic rings. The predicted molar refractivity (Wildman–Crippen MR) is 65.2 cm³/mol. The van der Waals surface area contributed by atoms with Crippen LogP contribution >= 0.6 is 15.9 Å². The van der Waals surface area contributed by atoms with Gasteiger partial charge < -0.3 is 5.21 Å². The maximum Gasteiger partial charge on any atom is 0.354 e. The van der Waals surface area contributed by atoms with Crippen LogP contribution in [0.1, 0.15) is 5.69 Å². The lowest BCUT2D eigenvalue weighted by Crippen LogP contribution is -2.27. The molecule has 0 saturated heterocycles. The van der Waals surface area contributed by atoms with E-state index >= 15 is 0 Å². The molecule has 18 heavy (non-hydrogen) atoms. The Hall–Kier alpha value is -1.61. The maximum absolute atomic E-state index is 11.9. The molecule has 96 valence electrons. The number of aromatic nitrogens is 2. The van der Waals surface area contributed by atoms with Gasteiger partial charge in [-0.25, -0.2) is 0 Å². The standard InChI is InChI=1S/C9H8BrN3O4S/c1-6-9(11-17-13(6)14)18(15,16)12-8-4-2-7(10)3-5-8/h2-5,12H,1H3. The molecule has 9 heteroatoms. The third kappa shape index (κ3) is 2.46. The molecule has 0 fully saturated rings. The number of anilines is 1. The molecule has 0 radical (unpaired) electrons. The van der Waals surface area contributed by atoms with E-state index in [1.807, 2.05) is 0 Å². The maximum atomic E-state index is 11.9. The van der Waals surface area contributed by atoms with E-state index in [1.165, 1.54) is 6.92 Å². The SMILES string of the molecule is Cc1c(S(=O)(=O)Nc2ccc(Br)cc2)no[n+]1[O-]. The van der Waals surface area contributed by atoms with Crippen molar-refractivity contribution in [2.24, 2.45) is 0 Å². The minimum absolute atomic E-state index is 0.0378. The van der Waals surface area contributed by atoms with E-state index in [0.29, 0.717) is 5.69 Å². The predicted octanol–water partition coefficient (Wildman–Crippen LogP) is 1.18. The van der Waals surface area contributed by atoms with Crippen molar-refractivity contribution >= 4 is 31.6 Å². The van der Waals surface area contributed by atoms with Gasteiger partial charge in [0.15, 0.2) is 0 Å². The molecule has 2 rings (SSSR count). The van der Waals surface area contributed by atoms with Gasteiger partial charge in [0.25, 0.3) is 0 Å². The van der Waals surface area contributed by atoms with E-state index in [2.05, 4.69) is 30.4 Å². The highest BCUT2D eigenvalue weighted by molar-refractivity contribution is 9.10. The molecule has 0 amide bonds. The molecule has 0 unspecified atom stereocenters. The average Bonchev–Trinajstić information content (AvgIpc) is 2.63. The van der Waals surface area contributed by atoms with Crippen LogP contribution in [0.15, 0.2) is 38.4 Å². The van der Waals surface area contributed by atoms with Crippen molar-refractivity contribution in [3.05, 3.63) is 39.6 Å². The fraction of sp³-hybridized carbons (Fsp3) is 0.111. The third-order valence-corrected chi connectivity index (χ3v) is 4.04. The zero-order chi connectivity index (χ0) is 13.3. The van der Waals surface area contributed by atoms with E-state index in [-0.39, 0.29) is 10.6 Å². The second-order valence-corrected chi connectivity index (χ2v) is 5.95. The Morgan fingerprint density at radius 3 is 2.50 bits per heavy atom. The number of sulfonamides is 1. The Morgan fingerprint density at radius 2 is 2.00 bits per heavy atom. The van der Waals surface area contributed by atoms with Crippen LogP contribution in [-0.2, 0) is 10.0 Å². The van der Waals surface area contributed by atoms with Gasteiger partial charge in [-0.05, 0) is 29.2 Å². The molecule has 1 heterocycles. The van der Waals surface area contributed by atoms with E-state index in [0.717, 1.165) is 4.47 Å². The monoisotopic (exact) mass is 333 g/mol. The van der Waals surface area contributed by atoms with Crippen LogP contribution in [0.25, 0.3) is 0 Å². The topological polar surface area (TPSA) is 99.1 Å². The van der Waals surface area contributed by atoms with Gasteiger partial charge in [0.05, 0.1) is 5.16 Å². The fourth-order valence-electron chi connectivity index (χ4n) is 1.24. The Morgan fingerprint density at radius 1 is 1.39 bits per heavy atom. The molecule has 2 aromatic rings. The fourth-order valence-corrected chi connectivity index (χ4v) is 2.65. The molecule has 0 bridgehead atoms. The number of benzene rings is 1. The summed E-state index contributed by atoms with van der Waals surface area (Å²) in [6, 6.07) is 6.51. The van der Waals surface area contributed by atoms with Gasteiger partial charge in [-0.15, -0.1) is 0 Å². The Kier molecular flexibility index (Phi) is 3.26. The lowest BCUT2D eigenvalue weighted by atomic mass is 10.3. The molecular formula is C9H8BrN3O4S. The summed E-state index contributed by atoms with van der Waals surface area (Å²) < 4.78 is 31.2. The van der Waals surface area contributed by atoms with Crippen molar-refractivity contribution in [2.45, 2.75) is 11.9 Å². The first-order valence-corrected chi connectivity index (χ1v) is 7.02. The zero-order valence-electron chi connectivity index (χ0n) is 9.12. The first-order valence-electron chi connectivity index (χ1n) is 4.75. The number of hydrogen-bond donors (Lipinski definition) is 1. The van der Waals surface area contributed by atoms with Crippen molar-refractivity contribution in [1.82, 2.24) is 5.16 Å². The van der Waals surface area contributed by atoms with Gasteiger partial charge in [-0.1, -0.05) is 15.9 Å². The highest BCUT2D eigenvalue weighted by atomic mass is 79.9. The van der Waals surface area contributed by atoms with Crippen LogP contribution in [0.3, 0.4) is 0 Å². The normalized spacial score (nSPS) is 11.4. The second kappa shape index (κ2) is 4.58. The van der Waals surface area contributed by atoms with E-state index in [4.69, 9.17) is 0 Å². The first kappa shape index (κ1) is 12.8. The summed E-state index contributed by atoms with van der Waals surface area (Å²) in [4.78, 5) is 0.0378. The van der Waals surface area contributed by atoms with Gasteiger partial charge in [-0.2, -0.15) is 8.42 Å². The minimum Gasteiger partial charge on any atom is -0.359 e. The summed E-state index contributed by atoms with van der Waals surface area (Å²) in [5.41, 5.74) is 0.234. The number of halogens is 1. The van der Waals surface area contributed by atoms with Crippen LogP contribution in [0.2, 0.25) is 0 Å². The Bertz CT molecular complexity index is 666. The molecule has 1 aromatic heterocycles. The average molecular weight is 334 g/mol. The summed E-state index contributed by atoms with van der Waals surface area (Å²) in [7, 11) is -3.93. The zero-order valence-corrected chi connectivity index (χ0v) is 11.5. The van der Waals surface area contributed by atoms with Crippen LogP contribution in [0.4, 0.5) is 5.69 Å². The van der Waals surface area contributed by atoms with Crippen molar-refractivity contribution in [2.75, 3.05) is 4.72 Å². The second-order valence-electron chi connectivity index (χ2n) is 3.43. The van der Waals surface area contributed by atoms with Crippen LogP contribution in [-0.4, -0.2) is 13.6 Å². The van der Waals surface area contributed by atoms with Gasteiger partial charge in [0.1, 0.15) is 0 Å². The van der Waals surface area contributed by atoms with Crippen LogP contribution < -0.4 is 9.63 Å². The van der Waals surface area contributed by atoms with Crippen LogP contribution in [0, 0.1) is 12.1 Å². The number of rotatable bonds is 3. The molecule has 0 aliphatic heterocycles. The first-order chi connectivity index (χ1) is 8.40. The Balaban J connectivity index is 2.33. The molecule has 0 atom stereocenters. The smallest absolute Gasteiger partial charge is 0.354 e. The summed E-state index contributed by atoms with van der Waals surface area (Å²) in [6.45, 7) is 1.31. The number of hydrogen-bond acceptors (Lipinski definition) is 5. The van der Waals surface area contributed by atoms with E-state index < -0.39 is 15.0 Å². The van der Waals surface area contributed by atoms with Gasteiger partial charge in [-0.3, -0.25) is 9.35 Å². The van der Waals surface area contributed by atoms with Crippen molar-refractivity contribution in [1.29, 1.82) is 0 Å². The van der Waals surface area contributed by atoms with E-state index in [9.17, 15) is 13.6 Å². The highest BCUT2D eigenvalue weighted by Crippen LogP contribution is 2.18. The molecule has 0 spiro atoms. The van der Waals surface area contributed by atoms with Crippen LogP contribution in [0.5, 0.6) is 0 Å². The van der Waals surface area contributed by atoms with Crippen molar-refractivity contribution in [3.63, 3.8) is 0 Å². The molecule has 7 nitrogen and oxygen atoms in total. The molecule has 0 saturated carbocycles. The third-order valence-electron chi connectivity index (χ3n) is 2.13. The van der Waals surface area contributed by atoms with Crippen molar-refractivity contribution in [3.8, 4) is 0 Å². The molecular weight excluding hydrogens is 326 g/mol. The largest absolute Gasteiger partial charge is 0.359 e. The van der Waals surface area contributed by atoms with Gasteiger partial charge in [0.2, 0.25) is 5.69 Å². The number of nitrogens with zero attached hydrogens (tertiary/aromatic N) is 2. The summed E-state index contributed by atoms with van der Waals surface area (Å²) in [5, 5.41) is 13.8. The lowest BCUT2D eigenvalue weighted by molar-refractivity contribution is -0.807. The van der Waals surface area contributed by atoms with Crippen molar-refractivity contribution < 1.29 is 17.9 Å². The quantitative estimate of drug-likeness (QED) is 0.850. The number of nitrogens with one attached hydrogen (secondary N) is 1. The summed E-state index contributed by atoms with van der Waals surface area (Å²) >= 11 is 3.24. The molecule has 1 N–H and O–H groups in total. The Labute approximate surface area is 111 Å². The summed E-state index contributed by atoms with van der Waals surface area (Å²) in [5.74, 6) is 0. The molecule has 1 aromatic carbocycles. The van der Waals surface area contributed by atoms with E-state index in [1.54, 1.807) is 24.3 Å².